The lowest BCUT2D eigenvalue weighted by Gasteiger charge is -2.09. The van der Waals surface area contributed by atoms with E-state index in [0.29, 0.717) is 34.6 Å². The van der Waals surface area contributed by atoms with E-state index in [2.05, 4.69) is 5.10 Å². The molecule has 0 unspecified atom stereocenters. The molecule has 0 aliphatic heterocycles. The van der Waals surface area contributed by atoms with Gasteiger partial charge in [-0.25, -0.2) is 4.68 Å². The van der Waals surface area contributed by atoms with E-state index in [4.69, 9.17) is 37.4 Å². The molecule has 0 saturated carbocycles. The summed E-state index contributed by atoms with van der Waals surface area (Å²) in [5, 5.41) is 4.25. The fraction of sp³-hybridized carbons (Fsp3) is 0.150. The molecule has 1 heterocycles. The van der Waals surface area contributed by atoms with Crippen LogP contribution >= 0.6 is 23.2 Å². The van der Waals surface area contributed by atoms with Gasteiger partial charge in [0.15, 0.2) is 0 Å². The number of hydrogen-bond donors (Lipinski definition) is 0. The van der Waals surface area contributed by atoms with E-state index >= 15 is 0 Å². The van der Waals surface area contributed by atoms with Crippen molar-refractivity contribution in [2.45, 2.75) is 13.8 Å². The molecule has 2 aromatic carbocycles. The summed E-state index contributed by atoms with van der Waals surface area (Å²) in [7, 11) is 1.84. The predicted molar refractivity (Wildman–Crippen MR) is 106 cm³/mol. The maximum atomic E-state index is 5.83. The Kier molecular flexibility index (Phi) is 5.94. The number of aryl methyl sites for hydroxylation is 2. The van der Waals surface area contributed by atoms with Crippen molar-refractivity contribution in [1.29, 1.82) is 0 Å². The highest BCUT2D eigenvalue weighted by Gasteiger charge is 2.06. The van der Waals surface area contributed by atoms with Crippen molar-refractivity contribution in [3.63, 3.8) is 0 Å². The van der Waals surface area contributed by atoms with E-state index < -0.39 is 0 Å². The van der Waals surface area contributed by atoms with Crippen LogP contribution in [0.4, 0.5) is 0 Å². The fourth-order valence-electron chi connectivity index (χ4n) is 2.31. The zero-order valence-electron chi connectivity index (χ0n) is 15.1. The molecule has 0 radical (unpaired) electrons. The molecule has 7 heteroatoms. The van der Waals surface area contributed by atoms with Gasteiger partial charge < -0.3 is 14.2 Å². The molecule has 0 bridgehead atoms. The van der Waals surface area contributed by atoms with Crippen molar-refractivity contribution in [3.8, 4) is 28.9 Å². The summed E-state index contributed by atoms with van der Waals surface area (Å²) in [6, 6.07) is 16.4. The lowest BCUT2D eigenvalue weighted by molar-refractivity contribution is 0.424. The van der Waals surface area contributed by atoms with Crippen LogP contribution in [0.2, 0.25) is 0 Å². The summed E-state index contributed by atoms with van der Waals surface area (Å²) < 4.78 is 18.9. The molecule has 0 aliphatic rings. The third kappa shape index (κ3) is 5.18. The number of benzene rings is 2. The topological polar surface area (TPSA) is 45.5 Å². The standard InChI is InChI=1S/C20H18Cl2N2O3/c1-13-12-19(24(3)23-13)27-18-10-8-17(9-11-18)26-16-6-4-15(5-7-16)25-14(2)20(21)22/h4-12H,1-3H3. The first-order chi connectivity index (χ1) is 12.9. The van der Waals surface area contributed by atoms with E-state index in [1.165, 1.54) is 0 Å². The summed E-state index contributed by atoms with van der Waals surface area (Å²) >= 11 is 11.3. The summed E-state index contributed by atoms with van der Waals surface area (Å²) in [6.45, 7) is 3.61. The first-order valence-electron chi connectivity index (χ1n) is 8.17. The second-order valence-corrected chi connectivity index (χ2v) is 6.76. The van der Waals surface area contributed by atoms with Crippen LogP contribution in [0.25, 0.3) is 0 Å². The number of allylic oxidation sites excluding steroid dienone is 1. The SMILES string of the molecule is CC(Oc1ccc(Oc2ccc(Oc3cc(C)nn3C)cc2)cc1)=C(Cl)Cl. The molecule has 0 spiro atoms. The van der Waals surface area contributed by atoms with Crippen LogP contribution < -0.4 is 14.2 Å². The van der Waals surface area contributed by atoms with Gasteiger partial charge in [-0.2, -0.15) is 5.10 Å². The van der Waals surface area contributed by atoms with Gasteiger partial charge in [-0.3, -0.25) is 0 Å². The number of rotatable bonds is 6. The number of halogens is 2. The Labute approximate surface area is 167 Å². The third-order valence-electron chi connectivity index (χ3n) is 3.60. The number of hydrogen-bond acceptors (Lipinski definition) is 4. The predicted octanol–water partition coefficient (Wildman–Crippen LogP) is 6.36. The minimum absolute atomic E-state index is 0.0962. The summed E-state index contributed by atoms with van der Waals surface area (Å²) in [4.78, 5) is 0. The lowest BCUT2D eigenvalue weighted by Crippen LogP contribution is -1.95. The quantitative estimate of drug-likeness (QED) is 0.448. The average Bonchev–Trinajstić information content (AvgIpc) is 2.95. The Bertz CT molecular complexity index is 944. The molecule has 0 N–H and O–H groups in total. The van der Waals surface area contributed by atoms with Crippen LogP contribution in [0, 0.1) is 6.92 Å². The van der Waals surface area contributed by atoms with Crippen molar-refractivity contribution in [3.05, 3.63) is 70.5 Å². The fourth-order valence-corrected chi connectivity index (χ4v) is 2.38. The molecule has 140 valence electrons. The molecule has 3 aromatic rings. The molecule has 3 rings (SSSR count). The Morgan fingerprint density at radius 2 is 1.33 bits per heavy atom. The van der Waals surface area contributed by atoms with Gasteiger partial charge in [0.1, 0.15) is 33.2 Å². The van der Waals surface area contributed by atoms with E-state index in [9.17, 15) is 0 Å². The molecule has 0 saturated heterocycles. The number of aromatic nitrogens is 2. The summed E-state index contributed by atoms with van der Waals surface area (Å²) in [5.41, 5.74) is 0.902. The summed E-state index contributed by atoms with van der Waals surface area (Å²) in [6.07, 6.45) is 0. The van der Waals surface area contributed by atoms with Crippen molar-refractivity contribution < 1.29 is 14.2 Å². The average molecular weight is 405 g/mol. The van der Waals surface area contributed by atoms with Crippen LogP contribution in [-0.4, -0.2) is 9.78 Å². The smallest absolute Gasteiger partial charge is 0.217 e. The Balaban J connectivity index is 1.62. The van der Waals surface area contributed by atoms with E-state index in [1.807, 2.05) is 44.3 Å². The van der Waals surface area contributed by atoms with Gasteiger partial charge in [-0.15, -0.1) is 0 Å². The number of nitrogens with zero attached hydrogens (tertiary/aromatic N) is 2. The minimum atomic E-state index is 0.0962. The van der Waals surface area contributed by atoms with Crippen molar-refractivity contribution >= 4 is 23.2 Å². The van der Waals surface area contributed by atoms with Crippen LogP contribution in [0.3, 0.4) is 0 Å². The van der Waals surface area contributed by atoms with Gasteiger partial charge in [-0.1, -0.05) is 23.2 Å². The molecule has 0 amide bonds. The van der Waals surface area contributed by atoms with Crippen molar-refractivity contribution in [2.75, 3.05) is 0 Å². The highest BCUT2D eigenvalue weighted by molar-refractivity contribution is 6.56. The number of ether oxygens (including phenoxy) is 3. The van der Waals surface area contributed by atoms with E-state index in [1.54, 1.807) is 35.9 Å². The molecular weight excluding hydrogens is 387 g/mol. The van der Waals surface area contributed by atoms with E-state index in [0.717, 1.165) is 5.69 Å². The van der Waals surface area contributed by atoms with Crippen LogP contribution in [0.1, 0.15) is 12.6 Å². The largest absolute Gasteiger partial charge is 0.460 e. The highest BCUT2D eigenvalue weighted by Crippen LogP contribution is 2.28. The first kappa shape index (κ1) is 19.1. The molecule has 0 atom stereocenters. The van der Waals surface area contributed by atoms with Gasteiger partial charge in [-0.05, 0) is 62.4 Å². The van der Waals surface area contributed by atoms with Gasteiger partial charge >= 0.3 is 0 Å². The second-order valence-electron chi connectivity index (χ2n) is 5.81. The Morgan fingerprint density at radius 3 is 1.78 bits per heavy atom. The lowest BCUT2D eigenvalue weighted by atomic mass is 10.3. The van der Waals surface area contributed by atoms with Crippen molar-refractivity contribution in [2.24, 2.45) is 7.05 Å². The van der Waals surface area contributed by atoms with Crippen LogP contribution in [-0.2, 0) is 7.05 Å². The molecule has 1 aromatic heterocycles. The van der Waals surface area contributed by atoms with Gasteiger partial charge in [0.25, 0.3) is 0 Å². The van der Waals surface area contributed by atoms with Gasteiger partial charge in [0.05, 0.1) is 5.69 Å². The third-order valence-corrected chi connectivity index (χ3v) is 4.13. The first-order valence-corrected chi connectivity index (χ1v) is 8.92. The highest BCUT2D eigenvalue weighted by atomic mass is 35.5. The maximum absolute atomic E-state index is 5.83. The van der Waals surface area contributed by atoms with Crippen LogP contribution in [0.5, 0.6) is 28.9 Å². The molecule has 5 nitrogen and oxygen atoms in total. The Hall–Kier alpha value is -2.63. The zero-order valence-corrected chi connectivity index (χ0v) is 16.6. The molecular formula is C20H18Cl2N2O3. The van der Waals surface area contributed by atoms with E-state index in [-0.39, 0.29) is 4.49 Å². The van der Waals surface area contributed by atoms with Gasteiger partial charge in [0, 0.05) is 13.1 Å². The maximum Gasteiger partial charge on any atom is 0.217 e. The second kappa shape index (κ2) is 8.37. The molecule has 27 heavy (non-hydrogen) atoms. The van der Waals surface area contributed by atoms with Gasteiger partial charge in [0.2, 0.25) is 5.88 Å². The minimum Gasteiger partial charge on any atom is -0.460 e. The molecule has 0 aliphatic carbocycles. The summed E-state index contributed by atoms with van der Waals surface area (Å²) in [5.74, 6) is 3.81. The zero-order chi connectivity index (χ0) is 19.4. The van der Waals surface area contributed by atoms with Crippen LogP contribution in [0.15, 0.2) is 64.8 Å². The Morgan fingerprint density at radius 1 is 0.852 bits per heavy atom. The monoisotopic (exact) mass is 404 g/mol. The molecule has 0 fully saturated rings. The normalized spacial score (nSPS) is 10.4. The van der Waals surface area contributed by atoms with Crippen molar-refractivity contribution in [1.82, 2.24) is 9.78 Å².